The van der Waals surface area contributed by atoms with E-state index in [0.29, 0.717) is 17.0 Å². The number of nitrogens with one attached hydrogen (secondary N) is 1. The van der Waals surface area contributed by atoms with Crippen LogP contribution in [0.15, 0.2) is 59.5 Å². The maximum absolute atomic E-state index is 13.5. The number of nitrogens with zero attached hydrogens (tertiary/aromatic N) is 4. The number of benzene rings is 2. The van der Waals surface area contributed by atoms with Crippen molar-refractivity contribution in [3.63, 3.8) is 0 Å². The summed E-state index contributed by atoms with van der Waals surface area (Å²) in [6.07, 6.45) is 0. The van der Waals surface area contributed by atoms with Gasteiger partial charge in [0, 0.05) is 23.2 Å². The van der Waals surface area contributed by atoms with Crippen molar-refractivity contribution in [3.05, 3.63) is 70.5 Å². The van der Waals surface area contributed by atoms with E-state index in [0.717, 1.165) is 0 Å². The Balaban J connectivity index is 1.45. The Labute approximate surface area is 186 Å². The van der Waals surface area contributed by atoms with E-state index < -0.39 is 15.8 Å². The molecular formula is C19H14Cl2FN5O3S. The largest absolute Gasteiger partial charge is 0.475 e. The fraction of sp³-hybridized carbons (Fsp3) is 0.105. The van der Waals surface area contributed by atoms with Crippen molar-refractivity contribution in [2.24, 2.45) is 0 Å². The Hall–Kier alpha value is -2.79. The van der Waals surface area contributed by atoms with E-state index in [1.807, 2.05) is 0 Å². The lowest BCUT2D eigenvalue weighted by atomic mass is 10.2. The minimum Gasteiger partial charge on any atom is -0.475 e. The number of halogens is 3. The van der Waals surface area contributed by atoms with Crippen LogP contribution in [-0.2, 0) is 10.0 Å². The summed E-state index contributed by atoms with van der Waals surface area (Å²) in [5.41, 5.74) is 0.950. The number of hydrogen-bond acceptors (Lipinski definition) is 6. The molecule has 160 valence electrons. The van der Waals surface area contributed by atoms with Crippen molar-refractivity contribution in [2.75, 3.05) is 13.2 Å². The third-order valence-corrected chi connectivity index (χ3v) is 6.33. The highest BCUT2D eigenvalue weighted by atomic mass is 35.5. The van der Waals surface area contributed by atoms with Crippen LogP contribution in [0.2, 0.25) is 10.0 Å². The zero-order valence-corrected chi connectivity index (χ0v) is 18.0. The number of hydrogen-bond donors (Lipinski definition) is 1. The molecule has 0 unspecified atom stereocenters. The zero-order valence-electron chi connectivity index (χ0n) is 15.7. The molecule has 0 aliphatic heterocycles. The minimum atomic E-state index is -3.87. The third-order valence-electron chi connectivity index (χ3n) is 4.15. The summed E-state index contributed by atoms with van der Waals surface area (Å²) in [6, 6.07) is 13.3. The van der Waals surface area contributed by atoms with Gasteiger partial charge in [-0.05, 0) is 36.4 Å². The summed E-state index contributed by atoms with van der Waals surface area (Å²) in [6.45, 7) is -0.0445. The predicted molar refractivity (Wildman–Crippen MR) is 113 cm³/mol. The van der Waals surface area contributed by atoms with Gasteiger partial charge in [-0.1, -0.05) is 35.3 Å². The second kappa shape index (κ2) is 8.75. The van der Waals surface area contributed by atoms with Gasteiger partial charge in [0.2, 0.25) is 15.9 Å². The smallest absolute Gasteiger partial charge is 0.242 e. The monoisotopic (exact) mass is 481 g/mol. The molecule has 0 fully saturated rings. The lowest BCUT2D eigenvalue weighted by molar-refractivity contribution is 0.306. The Bertz CT molecular complexity index is 1360. The zero-order chi connectivity index (χ0) is 22.0. The highest BCUT2D eigenvalue weighted by Crippen LogP contribution is 2.24. The Kier molecular flexibility index (Phi) is 6.05. The van der Waals surface area contributed by atoms with Gasteiger partial charge in [-0.15, -0.1) is 15.3 Å². The molecule has 0 amide bonds. The first kappa shape index (κ1) is 21.4. The van der Waals surface area contributed by atoms with Gasteiger partial charge >= 0.3 is 0 Å². The standard InChI is InChI=1S/C19H14Cl2FN5O3S/c20-13-4-5-15(21)16(11-13)31(28,29)23-8-9-30-18-7-6-17-24-25-19(27(17)26-18)12-2-1-3-14(22)10-12/h1-7,10-11,23H,8-9H2. The topological polar surface area (TPSA) is 98.5 Å². The molecule has 2 aromatic heterocycles. The van der Waals surface area contributed by atoms with E-state index in [-0.39, 0.29) is 34.0 Å². The van der Waals surface area contributed by atoms with Crippen molar-refractivity contribution in [1.82, 2.24) is 24.5 Å². The molecule has 12 heteroatoms. The van der Waals surface area contributed by atoms with Crippen LogP contribution in [0.1, 0.15) is 0 Å². The van der Waals surface area contributed by atoms with Crippen LogP contribution >= 0.6 is 23.2 Å². The molecule has 2 heterocycles. The number of fused-ring (bicyclic) bond motifs is 1. The molecule has 0 spiro atoms. The molecule has 0 aliphatic rings. The molecule has 0 saturated heterocycles. The number of aromatic nitrogens is 4. The van der Waals surface area contributed by atoms with Crippen molar-refractivity contribution in [3.8, 4) is 17.3 Å². The van der Waals surface area contributed by atoms with Crippen LogP contribution < -0.4 is 9.46 Å². The third kappa shape index (κ3) is 4.77. The highest BCUT2D eigenvalue weighted by Gasteiger charge is 2.18. The Morgan fingerprint density at radius 3 is 2.71 bits per heavy atom. The van der Waals surface area contributed by atoms with Gasteiger partial charge in [-0.2, -0.15) is 4.52 Å². The Morgan fingerprint density at radius 1 is 1.06 bits per heavy atom. The first-order valence-electron chi connectivity index (χ1n) is 8.89. The minimum absolute atomic E-state index is 0.00660. The SMILES string of the molecule is O=S(=O)(NCCOc1ccc2nnc(-c3cccc(F)c3)n2n1)c1cc(Cl)ccc1Cl. The summed E-state index contributed by atoms with van der Waals surface area (Å²) >= 11 is 11.8. The fourth-order valence-corrected chi connectivity index (χ4v) is 4.52. The van der Waals surface area contributed by atoms with Gasteiger partial charge in [-0.3, -0.25) is 0 Å². The first-order valence-corrected chi connectivity index (χ1v) is 11.1. The summed E-state index contributed by atoms with van der Waals surface area (Å²) < 4.78 is 47.7. The average Bonchev–Trinajstić information content (AvgIpc) is 3.16. The number of rotatable bonds is 7. The molecule has 0 saturated carbocycles. The molecule has 0 atom stereocenters. The second-order valence-electron chi connectivity index (χ2n) is 6.30. The van der Waals surface area contributed by atoms with Crippen LogP contribution in [0.5, 0.6) is 5.88 Å². The summed E-state index contributed by atoms with van der Waals surface area (Å²) in [4.78, 5) is -0.120. The quantitative estimate of drug-likeness (QED) is 0.405. The predicted octanol–water partition coefficient (Wildman–Crippen LogP) is 3.59. The van der Waals surface area contributed by atoms with E-state index in [1.54, 1.807) is 24.3 Å². The van der Waals surface area contributed by atoms with E-state index >= 15 is 0 Å². The van der Waals surface area contributed by atoms with Crippen LogP contribution in [0, 0.1) is 5.82 Å². The molecule has 8 nitrogen and oxygen atoms in total. The molecule has 4 aromatic rings. The summed E-state index contributed by atoms with van der Waals surface area (Å²) in [7, 11) is -3.87. The highest BCUT2D eigenvalue weighted by molar-refractivity contribution is 7.89. The van der Waals surface area contributed by atoms with E-state index in [4.69, 9.17) is 27.9 Å². The average molecular weight is 482 g/mol. The first-order chi connectivity index (χ1) is 14.8. The molecule has 0 aliphatic carbocycles. The maximum atomic E-state index is 13.5. The second-order valence-corrected chi connectivity index (χ2v) is 8.88. The van der Waals surface area contributed by atoms with Crippen molar-refractivity contribution < 1.29 is 17.5 Å². The van der Waals surface area contributed by atoms with E-state index in [2.05, 4.69) is 20.0 Å². The molecule has 2 aromatic carbocycles. The van der Waals surface area contributed by atoms with Gasteiger partial charge in [0.05, 0.1) is 5.02 Å². The molecule has 1 N–H and O–H groups in total. The molecule has 0 bridgehead atoms. The number of sulfonamides is 1. The van der Waals surface area contributed by atoms with Gasteiger partial charge < -0.3 is 4.74 Å². The van der Waals surface area contributed by atoms with Crippen molar-refractivity contribution in [1.29, 1.82) is 0 Å². The van der Waals surface area contributed by atoms with E-state index in [9.17, 15) is 12.8 Å². The van der Waals surface area contributed by atoms with Gasteiger partial charge in [0.15, 0.2) is 11.5 Å². The van der Waals surface area contributed by atoms with Crippen LogP contribution in [0.4, 0.5) is 4.39 Å². The fourth-order valence-electron chi connectivity index (χ4n) is 2.75. The molecule has 4 rings (SSSR count). The van der Waals surface area contributed by atoms with Crippen LogP contribution in [0.3, 0.4) is 0 Å². The lowest BCUT2D eigenvalue weighted by Crippen LogP contribution is -2.28. The normalized spacial score (nSPS) is 11.7. The lowest BCUT2D eigenvalue weighted by Gasteiger charge is -2.10. The number of ether oxygens (including phenoxy) is 1. The summed E-state index contributed by atoms with van der Waals surface area (Å²) in [5.74, 6) is 0.148. The van der Waals surface area contributed by atoms with Crippen LogP contribution in [-0.4, -0.2) is 41.4 Å². The van der Waals surface area contributed by atoms with Gasteiger partial charge in [-0.25, -0.2) is 17.5 Å². The molecule has 0 radical (unpaired) electrons. The molecular weight excluding hydrogens is 468 g/mol. The van der Waals surface area contributed by atoms with E-state index in [1.165, 1.54) is 34.8 Å². The van der Waals surface area contributed by atoms with Crippen LogP contribution in [0.25, 0.3) is 17.0 Å². The van der Waals surface area contributed by atoms with Crippen molar-refractivity contribution >= 4 is 38.9 Å². The van der Waals surface area contributed by atoms with Gasteiger partial charge in [0.25, 0.3) is 0 Å². The molecule has 31 heavy (non-hydrogen) atoms. The maximum Gasteiger partial charge on any atom is 0.242 e. The van der Waals surface area contributed by atoms with Gasteiger partial charge in [0.1, 0.15) is 17.3 Å². The summed E-state index contributed by atoms with van der Waals surface area (Å²) in [5, 5.41) is 12.6. The Morgan fingerprint density at radius 2 is 1.90 bits per heavy atom. The van der Waals surface area contributed by atoms with Crippen molar-refractivity contribution in [2.45, 2.75) is 4.90 Å².